The van der Waals surface area contributed by atoms with Gasteiger partial charge in [0, 0.05) is 37.2 Å². The normalized spacial score (nSPS) is 16.2. The number of aryl methyl sites for hydroxylation is 1. The fourth-order valence-electron chi connectivity index (χ4n) is 4.49. The molecule has 3 N–H and O–H groups in total. The van der Waals surface area contributed by atoms with E-state index in [1.165, 1.54) is 0 Å². The van der Waals surface area contributed by atoms with Gasteiger partial charge in [-0.25, -0.2) is 9.78 Å². The highest BCUT2D eigenvalue weighted by Crippen LogP contribution is 2.30. The van der Waals surface area contributed by atoms with Crippen molar-refractivity contribution in [3.8, 4) is 11.3 Å². The first-order valence-electron chi connectivity index (χ1n) is 13.9. The monoisotopic (exact) mass is 540 g/mol. The van der Waals surface area contributed by atoms with Crippen molar-refractivity contribution in [2.45, 2.75) is 110 Å². The summed E-state index contributed by atoms with van der Waals surface area (Å²) in [5.74, 6) is 0.342. The molecule has 3 rings (SSSR count). The summed E-state index contributed by atoms with van der Waals surface area (Å²) in [6.07, 6.45) is 6.23. The SMILES string of the molecule is CC(C)(C)OC(=O)c1ccc(-c2cn3c(n2)C(CNC(=O)CCCCC(N)C(=O)OC(C)(C)C)CCC3)cc1. The van der Waals surface area contributed by atoms with Gasteiger partial charge in [-0.05, 0) is 79.4 Å². The van der Waals surface area contributed by atoms with Crippen LogP contribution in [0.1, 0.15) is 102 Å². The zero-order valence-electron chi connectivity index (χ0n) is 24.2. The van der Waals surface area contributed by atoms with E-state index in [1.54, 1.807) is 12.1 Å². The molecule has 0 radical (unpaired) electrons. The van der Waals surface area contributed by atoms with Gasteiger partial charge in [0.25, 0.3) is 0 Å². The van der Waals surface area contributed by atoms with Crippen LogP contribution >= 0.6 is 0 Å². The Morgan fingerprint density at radius 1 is 1.05 bits per heavy atom. The first-order chi connectivity index (χ1) is 18.2. The Bertz CT molecular complexity index is 1140. The van der Waals surface area contributed by atoms with Gasteiger partial charge in [-0.3, -0.25) is 9.59 Å². The highest BCUT2D eigenvalue weighted by Gasteiger charge is 2.25. The molecule has 1 aliphatic rings. The van der Waals surface area contributed by atoms with E-state index in [1.807, 2.05) is 59.9 Å². The molecule has 2 unspecified atom stereocenters. The van der Waals surface area contributed by atoms with Crippen molar-refractivity contribution in [2.24, 2.45) is 5.73 Å². The zero-order chi connectivity index (χ0) is 28.8. The molecule has 0 spiro atoms. The second-order valence-electron chi connectivity index (χ2n) is 12.3. The van der Waals surface area contributed by atoms with E-state index in [9.17, 15) is 14.4 Å². The first kappa shape index (κ1) is 30.3. The van der Waals surface area contributed by atoms with Crippen LogP contribution in [0.4, 0.5) is 0 Å². The number of rotatable bonds is 10. The van der Waals surface area contributed by atoms with E-state index >= 15 is 0 Å². The zero-order valence-corrected chi connectivity index (χ0v) is 24.2. The number of nitrogens with one attached hydrogen (secondary N) is 1. The number of aromatic nitrogens is 2. The van der Waals surface area contributed by atoms with Gasteiger partial charge < -0.3 is 25.1 Å². The molecule has 1 amide bonds. The number of imidazole rings is 1. The minimum Gasteiger partial charge on any atom is -0.459 e. The van der Waals surface area contributed by atoms with Crippen molar-refractivity contribution >= 4 is 17.8 Å². The maximum atomic E-state index is 12.5. The number of hydrogen-bond acceptors (Lipinski definition) is 7. The molecular weight excluding hydrogens is 496 g/mol. The molecule has 0 aliphatic carbocycles. The van der Waals surface area contributed by atoms with Crippen LogP contribution in [-0.4, -0.2) is 51.2 Å². The lowest BCUT2D eigenvalue weighted by molar-refractivity contribution is -0.156. The molecule has 0 bridgehead atoms. The third-order valence-corrected chi connectivity index (χ3v) is 6.36. The molecule has 2 atom stereocenters. The van der Waals surface area contributed by atoms with Crippen LogP contribution in [0, 0.1) is 0 Å². The van der Waals surface area contributed by atoms with Gasteiger partial charge in [-0.2, -0.15) is 0 Å². The van der Waals surface area contributed by atoms with Crippen LogP contribution in [-0.2, 0) is 25.6 Å². The molecule has 39 heavy (non-hydrogen) atoms. The summed E-state index contributed by atoms with van der Waals surface area (Å²) in [6.45, 7) is 12.4. The Kier molecular flexibility index (Phi) is 9.93. The van der Waals surface area contributed by atoms with Gasteiger partial charge >= 0.3 is 11.9 Å². The summed E-state index contributed by atoms with van der Waals surface area (Å²) >= 11 is 0. The number of fused-ring (bicyclic) bond motifs is 1. The minimum absolute atomic E-state index is 0.0116. The summed E-state index contributed by atoms with van der Waals surface area (Å²) in [4.78, 5) is 41.7. The van der Waals surface area contributed by atoms with E-state index in [0.717, 1.165) is 36.5 Å². The molecule has 2 heterocycles. The van der Waals surface area contributed by atoms with Crippen molar-refractivity contribution in [1.82, 2.24) is 14.9 Å². The number of carbonyl (C=O) groups excluding carboxylic acids is 3. The van der Waals surface area contributed by atoms with Gasteiger partial charge in [0.1, 0.15) is 23.1 Å². The number of carbonyl (C=O) groups is 3. The smallest absolute Gasteiger partial charge is 0.338 e. The lowest BCUT2D eigenvalue weighted by Crippen LogP contribution is -2.37. The van der Waals surface area contributed by atoms with Crippen molar-refractivity contribution in [1.29, 1.82) is 0 Å². The highest BCUT2D eigenvalue weighted by molar-refractivity contribution is 5.90. The number of amides is 1. The van der Waals surface area contributed by atoms with E-state index in [-0.39, 0.29) is 17.8 Å². The van der Waals surface area contributed by atoms with Gasteiger partial charge in [0.2, 0.25) is 5.91 Å². The molecule has 2 aromatic rings. The van der Waals surface area contributed by atoms with Crippen LogP contribution in [0.5, 0.6) is 0 Å². The number of esters is 2. The molecule has 0 saturated carbocycles. The summed E-state index contributed by atoms with van der Waals surface area (Å²) in [5, 5.41) is 3.06. The Balaban J connectivity index is 1.49. The van der Waals surface area contributed by atoms with Crippen molar-refractivity contribution in [3.63, 3.8) is 0 Å². The Morgan fingerprint density at radius 3 is 2.36 bits per heavy atom. The van der Waals surface area contributed by atoms with Gasteiger partial charge in [0.05, 0.1) is 11.3 Å². The molecule has 1 aromatic carbocycles. The highest BCUT2D eigenvalue weighted by atomic mass is 16.6. The number of unbranched alkanes of at least 4 members (excludes halogenated alkanes) is 1. The predicted octanol–water partition coefficient (Wildman–Crippen LogP) is 4.73. The summed E-state index contributed by atoms with van der Waals surface area (Å²) in [5.41, 5.74) is 7.10. The average Bonchev–Trinajstić information content (AvgIpc) is 3.28. The van der Waals surface area contributed by atoms with Crippen LogP contribution in [0.2, 0.25) is 0 Å². The standard InChI is InChI=1S/C30H44N4O5/c1-29(2,3)38-27(36)21-15-13-20(14-16-21)24-19-34-17-9-10-22(26(34)33-24)18-32-25(35)12-8-7-11-23(31)28(37)39-30(4,5)6/h13-16,19,22-23H,7-12,17-18,31H2,1-6H3,(H,32,35). The van der Waals surface area contributed by atoms with Crippen molar-refractivity contribution in [3.05, 3.63) is 41.9 Å². The van der Waals surface area contributed by atoms with Gasteiger partial charge in [0.15, 0.2) is 0 Å². The third kappa shape index (κ3) is 9.49. The summed E-state index contributed by atoms with van der Waals surface area (Å²) < 4.78 is 12.9. The topological polar surface area (TPSA) is 126 Å². The lowest BCUT2D eigenvalue weighted by atomic mass is 9.99. The van der Waals surface area contributed by atoms with E-state index in [4.69, 9.17) is 20.2 Å². The quantitative estimate of drug-likeness (QED) is 0.330. The van der Waals surface area contributed by atoms with Crippen molar-refractivity contribution < 1.29 is 23.9 Å². The first-order valence-corrected chi connectivity index (χ1v) is 13.9. The maximum absolute atomic E-state index is 12.5. The largest absolute Gasteiger partial charge is 0.459 e. The second-order valence-corrected chi connectivity index (χ2v) is 12.3. The molecule has 214 valence electrons. The van der Waals surface area contributed by atoms with Crippen LogP contribution in [0.25, 0.3) is 11.3 Å². The Morgan fingerprint density at radius 2 is 1.72 bits per heavy atom. The average molecular weight is 541 g/mol. The molecule has 1 aliphatic heterocycles. The number of ether oxygens (including phenoxy) is 2. The summed E-state index contributed by atoms with van der Waals surface area (Å²) in [6, 6.07) is 6.63. The molecule has 0 fully saturated rings. The number of hydrogen-bond donors (Lipinski definition) is 2. The molecule has 0 saturated heterocycles. The number of benzene rings is 1. The molecular formula is C30H44N4O5. The fourth-order valence-corrected chi connectivity index (χ4v) is 4.49. The fraction of sp³-hybridized carbons (Fsp3) is 0.600. The van der Waals surface area contributed by atoms with E-state index in [0.29, 0.717) is 37.8 Å². The van der Waals surface area contributed by atoms with E-state index < -0.39 is 23.2 Å². The van der Waals surface area contributed by atoms with Crippen LogP contribution in [0.3, 0.4) is 0 Å². The minimum atomic E-state index is -0.670. The third-order valence-electron chi connectivity index (χ3n) is 6.36. The lowest BCUT2D eigenvalue weighted by Gasteiger charge is -2.23. The molecule has 9 heteroatoms. The van der Waals surface area contributed by atoms with Gasteiger partial charge in [-0.15, -0.1) is 0 Å². The number of nitrogens with two attached hydrogens (primary N) is 1. The van der Waals surface area contributed by atoms with Crippen molar-refractivity contribution in [2.75, 3.05) is 6.54 Å². The van der Waals surface area contributed by atoms with Crippen LogP contribution < -0.4 is 11.1 Å². The van der Waals surface area contributed by atoms with E-state index in [2.05, 4.69) is 9.88 Å². The van der Waals surface area contributed by atoms with Crippen LogP contribution in [0.15, 0.2) is 30.5 Å². The van der Waals surface area contributed by atoms with Gasteiger partial charge in [-0.1, -0.05) is 18.6 Å². The Labute approximate surface area is 231 Å². The Hall–Kier alpha value is -3.20. The molecule has 1 aromatic heterocycles. The molecule has 9 nitrogen and oxygen atoms in total. The second kappa shape index (κ2) is 12.8. The number of nitrogens with zero attached hydrogens (tertiary/aromatic N) is 2. The maximum Gasteiger partial charge on any atom is 0.338 e. The predicted molar refractivity (Wildman–Crippen MR) is 150 cm³/mol. The summed E-state index contributed by atoms with van der Waals surface area (Å²) in [7, 11) is 0.